The van der Waals surface area contributed by atoms with Crippen LogP contribution in [0.2, 0.25) is 0 Å². The number of nitrogens with zero attached hydrogens (tertiary/aromatic N) is 1. The summed E-state index contributed by atoms with van der Waals surface area (Å²) in [5.41, 5.74) is 1.38. The number of aliphatic hydroxyl groups is 1. The number of hydrazone groups is 1. The van der Waals surface area contributed by atoms with Crippen LogP contribution in [0, 0.1) is 40.4 Å². The van der Waals surface area contributed by atoms with Gasteiger partial charge < -0.3 is 10.9 Å². The van der Waals surface area contributed by atoms with Gasteiger partial charge in [0.25, 0.3) is 0 Å². The van der Waals surface area contributed by atoms with Crippen molar-refractivity contribution in [3.05, 3.63) is 0 Å². The molecule has 3 N–H and O–H groups in total. The molecule has 4 rings (SSSR count). The standard InChI is InChI=1S/C21H36N2O/c1-13-12-19(2)14(11-18(13)23-22)5-6-15-16(19)7-9-20(3)17(15)8-10-21(20,4)24/h13-17,24H,5-12,22H2,1-4H3/b23-18+/t13-,14-,15-,16-,17+,19+,20+,21+/m1/s1. The van der Waals surface area contributed by atoms with E-state index >= 15 is 0 Å². The Bertz CT molecular complexity index is 556. The summed E-state index contributed by atoms with van der Waals surface area (Å²) in [6.45, 7) is 9.39. The first-order valence-corrected chi connectivity index (χ1v) is 10.2. The summed E-state index contributed by atoms with van der Waals surface area (Å²) in [4.78, 5) is 0. The lowest BCUT2D eigenvalue weighted by atomic mass is 9.44. The van der Waals surface area contributed by atoms with Gasteiger partial charge in [-0.05, 0) is 98.7 Å². The molecule has 0 saturated heterocycles. The summed E-state index contributed by atoms with van der Waals surface area (Å²) in [5.74, 6) is 9.36. The lowest BCUT2D eigenvalue weighted by molar-refractivity contribution is -0.142. The van der Waals surface area contributed by atoms with Gasteiger partial charge in [-0.3, -0.25) is 0 Å². The zero-order valence-corrected chi connectivity index (χ0v) is 16.0. The van der Waals surface area contributed by atoms with E-state index in [4.69, 9.17) is 5.84 Å². The molecule has 0 heterocycles. The van der Waals surface area contributed by atoms with E-state index in [1.165, 1.54) is 44.2 Å². The van der Waals surface area contributed by atoms with E-state index in [1.54, 1.807) is 0 Å². The first kappa shape index (κ1) is 16.9. The average molecular weight is 333 g/mol. The Morgan fingerprint density at radius 1 is 1.04 bits per heavy atom. The van der Waals surface area contributed by atoms with E-state index in [2.05, 4.69) is 32.8 Å². The minimum absolute atomic E-state index is 0.140. The molecule has 8 atom stereocenters. The average Bonchev–Trinajstić information content (AvgIpc) is 2.76. The highest BCUT2D eigenvalue weighted by Crippen LogP contribution is 2.68. The van der Waals surface area contributed by atoms with Crippen LogP contribution in [0.5, 0.6) is 0 Å². The Hall–Kier alpha value is -0.570. The van der Waals surface area contributed by atoms with Gasteiger partial charge >= 0.3 is 0 Å². The van der Waals surface area contributed by atoms with Gasteiger partial charge in [0.05, 0.1) is 5.60 Å². The van der Waals surface area contributed by atoms with Crippen LogP contribution in [0.15, 0.2) is 5.10 Å². The maximum atomic E-state index is 11.0. The molecule has 0 spiro atoms. The quantitative estimate of drug-likeness (QED) is 0.512. The molecular formula is C21H36N2O. The number of hydrogen-bond donors (Lipinski definition) is 2. The van der Waals surface area contributed by atoms with Crippen LogP contribution in [-0.4, -0.2) is 16.4 Å². The fourth-order valence-electron chi connectivity index (χ4n) is 7.84. The lowest BCUT2D eigenvalue weighted by Crippen LogP contribution is -2.56. The Morgan fingerprint density at radius 2 is 1.75 bits per heavy atom. The van der Waals surface area contributed by atoms with Crippen molar-refractivity contribution in [2.45, 2.75) is 84.7 Å². The highest BCUT2D eigenvalue weighted by molar-refractivity contribution is 5.87. The van der Waals surface area contributed by atoms with Gasteiger partial charge in [0.1, 0.15) is 0 Å². The summed E-state index contributed by atoms with van der Waals surface area (Å²) >= 11 is 0. The van der Waals surface area contributed by atoms with Gasteiger partial charge in [0.2, 0.25) is 0 Å². The van der Waals surface area contributed by atoms with Crippen LogP contribution in [0.1, 0.15) is 79.1 Å². The molecule has 24 heavy (non-hydrogen) atoms. The second-order valence-electron chi connectivity index (χ2n) is 10.4. The zero-order valence-electron chi connectivity index (χ0n) is 16.0. The number of hydrogen-bond acceptors (Lipinski definition) is 3. The minimum Gasteiger partial charge on any atom is -0.390 e. The van der Waals surface area contributed by atoms with E-state index in [0.29, 0.717) is 11.3 Å². The van der Waals surface area contributed by atoms with Crippen molar-refractivity contribution in [3.63, 3.8) is 0 Å². The number of fused-ring (bicyclic) bond motifs is 5. The molecule has 0 aromatic rings. The van der Waals surface area contributed by atoms with E-state index in [0.717, 1.165) is 36.5 Å². The fourth-order valence-corrected chi connectivity index (χ4v) is 7.84. The van der Waals surface area contributed by atoms with Crippen molar-refractivity contribution in [2.24, 2.45) is 51.4 Å². The molecule has 0 radical (unpaired) electrons. The Labute approximate surface area is 147 Å². The Balaban J connectivity index is 1.64. The van der Waals surface area contributed by atoms with E-state index in [1.807, 2.05) is 0 Å². The van der Waals surface area contributed by atoms with Gasteiger partial charge in [-0.25, -0.2) is 0 Å². The molecule has 3 heteroatoms. The predicted octanol–water partition coefficient (Wildman–Crippen LogP) is 4.34. The monoisotopic (exact) mass is 332 g/mol. The summed E-state index contributed by atoms with van der Waals surface area (Å²) in [7, 11) is 0. The van der Waals surface area contributed by atoms with Crippen LogP contribution in [0.4, 0.5) is 0 Å². The second-order valence-corrected chi connectivity index (χ2v) is 10.4. The SMILES string of the molecule is C[C@@H]1C[C@@]2(C)[C@H](CC[C@@H]3[C@H]2CC[C@@]2(C)[C@H]3CC[C@]2(C)O)C/C1=N\N. The summed E-state index contributed by atoms with van der Waals surface area (Å²) in [5, 5.41) is 15.1. The fraction of sp³-hybridized carbons (Fsp3) is 0.952. The van der Waals surface area contributed by atoms with E-state index in [9.17, 15) is 5.11 Å². The lowest BCUT2D eigenvalue weighted by Gasteiger charge is -2.61. The maximum absolute atomic E-state index is 11.0. The van der Waals surface area contributed by atoms with Crippen molar-refractivity contribution in [3.8, 4) is 0 Å². The third kappa shape index (κ3) is 2.03. The first-order valence-electron chi connectivity index (χ1n) is 10.2. The van der Waals surface area contributed by atoms with Crippen molar-refractivity contribution in [2.75, 3.05) is 0 Å². The molecule has 4 fully saturated rings. The normalized spacial score (nSPS) is 58.9. The van der Waals surface area contributed by atoms with Crippen LogP contribution in [0.3, 0.4) is 0 Å². The van der Waals surface area contributed by atoms with E-state index < -0.39 is 5.60 Å². The van der Waals surface area contributed by atoms with E-state index in [-0.39, 0.29) is 5.41 Å². The van der Waals surface area contributed by atoms with Gasteiger partial charge in [0.15, 0.2) is 0 Å². The van der Waals surface area contributed by atoms with Gasteiger partial charge in [-0.1, -0.05) is 20.8 Å². The van der Waals surface area contributed by atoms with Crippen molar-refractivity contribution >= 4 is 5.71 Å². The Morgan fingerprint density at radius 3 is 2.46 bits per heavy atom. The van der Waals surface area contributed by atoms with Crippen LogP contribution >= 0.6 is 0 Å². The summed E-state index contributed by atoms with van der Waals surface area (Å²) < 4.78 is 0. The maximum Gasteiger partial charge on any atom is 0.0675 e. The topological polar surface area (TPSA) is 58.6 Å². The van der Waals surface area contributed by atoms with Crippen LogP contribution < -0.4 is 5.84 Å². The highest BCUT2D eigenvalue weighted by atomic mass is 16.3. The van der Waals surface area contributed by atoms with Gasteiger partial charge in [0, 0.05) is 5.71 Å². The number of rotatable bonds is 0. The molecule has 0 unspecified atom stereocenters. The van der Waals surface area contributed by atoms with Crippen molar-refractivity contribution in [1.29, 1.82) is 0 Å². The predicted molar refractivity (Wildman–Crippen MR) is 98.5 cm³/mol. The summed E-state index contributed by atoms with van der Waals surface area (Å²) in [6.07, 6.45) is 9.81. The Kier molecular flexibility index (Phi) is 3.67. The molecule has 4 saturated carbocycles. The smallest absolute Gasteiger partial charge is 0.0675 e. The molecule has 0 amide bonds. The molecular weight excluding hydrogens is 296 g/mol. The molecule has 136 valence electrons. The largest absolute Gasteiger partial charge is 0.390 e. The minimum atomic E-state index is -0.459. The molecule has 0 aromatic heterocycles. The third-order valence-electron chi connectivity index (χ3n) is 9.56. The molecule has 0 bridgehead atoms. The van der Waals surface area contributed by atoms with Gasteiger partial charge in [-0.2, -0.15) is 5.10 Å². The van der Waals surface area contributed by atoms with Crippen molar-refractivity contribution in [1.82, 2.24) is 0 Å². The van der Waals surface area contributed by atoms with Crippen LogP contribution in [0.25, 0.3) is 0 Å². The number of nitrogens with two attached hydrogens (primary N) is 1. The van der Waals surface area contributed by atoms with Crippen molar-refractivity contribution < 1.29 is 5.11 Å². The molecule has 4 aliphatic rings. The second kappa shape index (κ2) is 5.22. The molecule has 0 aliphatic heterocycles. The van der Waals surface area contributed by atoms with Crippen LogP contribution in [-0.2, 0) is 0 Å². The highest BCUT2D eigenvalue weighted by Gasteiger charge is 2.63. The van der Waals surface area contributed by atoms with Gasteiger partial charge in [-0.15, -0.1) is 0 Å². The zero-order chi connectivity index (χ0) is 17.3. The molecule has 4 aliphatic carbocycles. The first-order chi connectivity index (χ1) is 11.2. The molecule has 0 aromatic carbocycles. The summed E-state index contributed by atoms with van der Waals surface area (Å²) in [6, 6.07) is 0. The molecule has 3 nitrogen and oxygen atoms in total. The third-order valence-corrected chi connectivity index (χ3v) is 9.56.